The van der Waals surface area contributed by atoms with Crippen molar-refractivity contribution >= 4 is 23.5 Å². The third-order valence-electron chi connectivity index (χ3n) is 9.31. The highest BCUT2D eigenvalue weighted by Crippen LogP contribution is 2.36. The van der Waals surface area contributed by atoms with Crippen molar-refractivity contribution in [3.8, 4) is 28.7 Å². The predicted molar refractivity (Wildman–Crippen MR) is 190 cm³/mol. The van der Waals surface area contributed by atoms with Crippen molar-refractivity contribution in [2.24, 2.45) is 0 Å². The van der Waals surface area contributed by atoms with Gasteiger partial charge in [-0.3, -0.25) is 19.5 Å². The fourth-order valence-electron chi connectivity index (χ4n) is 6.39. The molecule has 0 radical (unpaired) electrons. The van der Waals surface area contributed by atoms with Crippen LogP contribution in [0.3, 0.4) is 0 Å². The molecule has 0 spiro atoms. The molecule has 2 aliphatic heterocycles. The minimum Gasteiger partial charge on any atom is -0.488 e. The van der Waals surface area contributed by atoms with Crippen LogP contribution in [0.1, 0.15) is 43.7 Å². The number of aromatic nitrogens is 1. The molecule has 6 rings (SSSR count). The number of halogens is 1. The second kappa shape index (κ2) is 16.4. The second-order valence-corrected chi connectivity index (χ2v) is 12.9. The van der Waals surface area contributed by atoms with Gasteiger partial charge in [-0.15, -0.1) is 0 Å². The van der Waals surface area contributed by atoms with Gasteiger partial charge in [-0.2, -0.15) is 5.26 Å². The normalized spacial score (nSPS) is 16.4. The summed E-state index contributed by atoms with van der Waals surface area (Å²) in [5.74, 6) is -0.0942. The molecule has 4 aromatic rings. The number of carbonyl (C=O) groups excluding carboxylic acids is 1. The number of pyridine rings is 1. The van der Waals surface area contributed by atoms with E-state index >= 15 is 0 Å². The predicted octanol–water partition coefficient (Wildman–Crippen LogP) is 5.81. The summed E-state index contributed by atoms with van der Waals surface area (Å²) in [5, 5.41) is 19.5. The van der Waals surface area contributed by atoms with Gasteiger partial charge in [0.1, 0.15) is 36.8 Å². The van der Waals surface area contributed by atoms with Gasteiger partial charge >= 0.3 is 5.97 Å². The van der Waals surface area contributed by atoms with Crippen LogP contribution < -0.4 is 9.47 Å². The lowest BCUT2D eigenvalue weighted by atomic mass is 9.91. The molecule has 264 valence electrons. The van der Waals surface area contributed by atoms with Crippen molar-refractivity contribution in [1.29, 1.82) is 5.26 Å². The Morgan fingerprint density at radius 1 is 0.922 bits per heavy atom. The first-order valence-corrected chi connectivity index (χ1v) is 17.1. The van der Waals surface area contributed by atoms with Gasteiger partial charge < -0.3 is 29.0 Å². The molecular weight excluding hydrogens is 672 g/mol. The zero-order valence-electron chi connectivity index (χ0n) is 28.6. The van der Waals surface area contributed by atoms with E-state index in [0.29, 0.717) is 78.2 Å². The molecule has 3 aromatic carbocycles. The minimum atomic E-state index is -0.967. The number of nitrogens with zero attached hydrogens (tertiary/aromatic N) is 4. The molecule has 2 fully saturated rings. The Labute approximate surface area is 301 Å². The Hall–Kier alpha value is -4.99. The lowest BCUT2D eigenvalue weighted by Crippen LogP contribution is -2.49. The van der Waals surface area contributed by atoms with Gasteiger partial charge in [-0.1, -0.05) is 41.9 Å². The van der Waals surface area contributed by atoms with Crippen LogP contribution in [-0.4, -0.2) is 83.9 Å². The van der Waals surface area contributed by atoms with Gasteiger partial charge in [0.15, 0.2) is 0 Å². The number of carboxylic acids is 1. The van der Waals surface area contributed by atoms with Gasteiger partial charge in [0, 0.05) is 61.3 Å². The standard InChI is InChI=1S/C39H39ClN4O7/c1-25-29(5-3-6-31(25)32-7-4-8-33(26(32)2)38(45)43-9-12-48-13-10-43)23-51-37-17-36(50-22-28-15-27(18-41)19-42-20-28)30(16-34(37)40)21-44-11-14-49-24-35(44)39(46)47/h3-8,15-17,19-20,35H,9-14,21-24H2,1-2H3,(H,46,47)/t35-/m0/s1. The number of benzene rings is 3. The molecule has 51 heavy (non-hydrogen) atoms. The summed E-state index contributed by atoms with van der Waals surface area (Å²) < 4.78 is 23.5. The van der Waals surface area contributed by atoms with Gasteiger partial charge in [-0.05, 0) is 59.9 Å². The maximum Gasteiger partial charge on any atom is 0.323 e. The molecule has 11 nitrogen and oxygen atoms in total. The average molecular weight is 711 g/mol. The SMILES string of the molecule is Cc1c(COc2cc(OCc3cncc(C#N)c3)c(CN3CCOC[C@H]3C(=O)O)cc2Cl)cccc1-c1cccc(C(=O)N2CCOCC2)c1C. The highest BCUT2D eigenvalue weighted by Gasteiger charge is 2.30. The molecule has 12 heteroatoms. The number of morpholine rings is 2. The third kappa shape index (κ3) is 8.32. The Morgan fingerprint density at radius 2 is 1.65 bits per heavy atom. The van der Waals surface area contributed by atoms with Gasteiger partial charge in [-0.25, -0.2) is 0 Å². The summed E-state index contributed by atoms with van der Waals surface area (Å²) in [6.45, 7) is 7.77. The van der Waals surface area contributed by atoms with Crippen LogP contribution in [0, 0.1) is 25.2 Å². The molecule has 1 atom stereocenters. The molecule has 2 saturated heterocycles. The van der Waals surface area contributed by atoms with Gasteiger partial charge in [0.2, 0.25) is 0 Å². The molecule has 2 aliphatic rings. The highest BCUT2D eigenvalue weighted by atomic mass is 35.5. The first kappa shape index (κ1) is 35.8. The number of nitriles is 1. The first-order valence-electron chi connectivity index (χ1n) is 16.8. The van der Waals surface area contributed by atoms with E-state index in [-0.39, 0.29) is 32.3 Å². The van der Waals surface area contributed by atoms with Crippen molar-refractivity contribution < 1.29 is 33.6 Å². The molecule has 0 saturated carbocycles. The summed E-state index contributed by atoms with van der Waals surface area (Å²) in [6, 6.07) is 18.3. The van der Waals surface area contributed by atoms with Gasteiger partial charge in [0.25, 0.3) is 5.91 Å². The van der Waals surface area contributed by atoms with Crippen molar-refractivity contribution in [2.45, 2.75) is 39.6 Å². The zero-order valence-corrected chi connectivity index (χ0v) is 29.3. The van der Waals surface area contributed by atoms with Crippen molar-refractivity contribution in [1.82, 2.24) is 14.8 Å². The summed E-state index contributed by atoms with van der Waals surface area (Å²) in [5.41, 5.74) is 7.32. The van der Waals surface area contributed by atoms with E-state index in [1.54, 1.807) is 24.4 Å². The summed E-state index contributed by atoms with van der Waals surface area (Å²) in [7, 11) is 0. The molecule has 0 unspecified atom stereocenters. The number of carboxylic acid groups (broad SMARTS) is 1. The molecular formula is C39H39ClN4O7. The molecule has 0 bridgehead atoms. The van der Waals surface area contributed by atoms with E-state index in [1.165, 1.54) is 6.20 Å². The Morgan fingerprint density at radius 3 is 2.41 bits per heavy atom. The summed E-state index contributed by atoms with van der Waals surface area (Å²) >= 11 is 6.81. The van der Waals surface area contributed by atoms with Crippen LogP contribution >= 0.6 is 11.6 Å². The second-order valence-electron chi connectivity index (χ2n) is 12.5. The van der Waals surface area contributed by atoms with Gasteiger partial charge in [0.05, 0.1) is 37.0 Å². The molecule has 1 aromatic heterocycles. The van der Waals surface area contributed by atoms with Crippen LogP contribution in [0.4, 0.5) is 0 Å². The van der Waals surface area contributed by atoms with E-state index < -0.39 is 12.0 Å². The highest BCUT2D eigenvalue weighted by molar-refractivity contribution is 6.32. The van der Waals surface area contributed by atoms with Crippen LogP contribution in [0.25, 0.3) is 11.1 Å². The summed E-state index contributed by atoms with van der Waals surface area (Å²) in [6.07, 6.45) is 3.11. The lowest BCUT2D eigenvalue weighted by molar-refractivity contribution is -0.150. The molecule has 1 amide bonds. The van der Waals surface area contributed by atoms with Crippen molar-refractivity contribution in [2.75, 3.05) is 46.1 Å². The van der Waals surface area contributed by atoms with E-state index in [2.05, 4.69) is 11.1 Å². The Balaban J connectivity index is 1.25. The van der Waals surface area contributed by atoms with E-state index in [9.17, 15) is 20.0 Å². The number of amides is 1. The van der Waals surface area contributed by atoms with E-state index in [4.69, 9.17) is 30.5 Å². The number of ether oxygens (including phenoxy) is 4. The fraction of sp³-hybridized carbons (Fsp3) is 0.333. The number of rotatable bonds is 11. The van der Waals surface area contributed by atoms with Crippen LogP contribution in [-0.2, 0) is 34.0 Å². The van der Waals surface area contributed by atoms with Crippen molar-refractivity contribution in [3.05, 3.63) is 111 Å². The lowest BCUT2D eigenvalue weighted by Gasteiger charge is -2.33. The quantitative estimate of drug-likeness (QED) is 0.203. The van der Waals surface area contributed by atoms with E-state index in [0.717, 1.165) is 27.8 Å². The van der Waals surface area contributed by atoms with Crippen LogP contribution in [0.15, 0.2) is 67.0 Å². The van der Waals surface area contributed by atoms with Crippen LogP contribution in [0.5, 0.6) is 11.5 Å². The van der Waals surface area contributed by atoms with E-state index in [1.807, 2.05) is 60.0 Å². The first-order chi connectivity index (χ1) is 24.7. The summed E-state index contributed by atoms with van der Waals surface area (Å²) in [4.78, 5) is 33.1. The number of hydrogen-bond donors (Lipinski definition) is 1. The molecule has 1 N–H and O–H groups in total. The Kier molecular flexibility index (Phi) is 11.5. The molecule has 0 aliphatic carbocycles. The maximum absolute atomic E-state index is 13.4. The third-order valence-corrected chi connectivity index (χ3v) is 9.61. The number of aliphatic carboxylic acids is 1. The van der Waals surface area contributed by atoms with Crippen LogP contribution in [0.2, 0.25) is 5.02 Å². The molecule has 3 heterocycles. The largest absolute Gasteiger partial charge is 0.488 e. The Bertz CT molecular complexity index is 1960. The maximum atomic E-state index is 13.4. The average Bonchev–Trinajstić information content (AvgIpc) is 3.15. The monoisotopic (exact) mass is 710 g/mol. The number of carbonyl (C=O) groups is 2. The zero-order chi connectivity index (χ0) is 35.9. The fourth-order valence-corrected chi connectivity index (χ4v) is 6.63. The topological polar surface area (TPSA) is 134 Å². The van der Waals surface area contributed by atoms with Crippen molar-refractivity contribution in [3.63, 3.8) is 0 Å². The smallest absolute Gasteiger partial charge is 0.323 e. The minimum absolute atomic E-state index is 0.00651. The number of hydrogen-bond acceptors (Lipinski definition) is 9.